The number of fused-ring (bicyclic) bond motifs is 1. The first-order valence-corrected chi connectivity index (χ1v) is 11.8. The second-order valence-electron chi connectivity index (χ2n) is 6.83. The molecule has 1 aliphatic heterocycles. The lowest BCUT2D eigenvalue weighted by Crippen LogP contribution is -2.47. The number of hydrogen-bond acceptors (Lipinski definition) is 6. The lowest BCUT2D eigenvalue weighted by molar-refractivity contribution is -0.132. The van der Waals surface area contributed by atoms with Crippen LogP contribution < -0.4 is 4.74 Å². The standard InChI is InChI=1S/C18H25N3O4S2/c1-4-12(2)21(13-7-8-27(23,24)11-13)17(22)10-26-18-19-15-6-5-14(25-3)9-16(15)20-18/h5-6,9,12-13H,4,7-8,10-11H2,1-3H3,(H,19,20)/t12-,13+/m1/s1. The van der Waals surface area contributed by atoms with Crippen LogP contribution in [0.5, 0.6) is 5.75 Å². The molecule has 9 heteroatoms. The number of benzene rings is 1. The van der Waals surface area contributed by atoms with Gasteiger partial charge in [-0.15, -0.1) is 0 Å². The van der Waals surface area contributed by atoms with Gasteiger partial charge in [-0.3, -0.25) is 4.79 Å². The molecule has 0 aliphatic carbocycles. The van der Waals surface area contributed by atoms with E-state index < -0.39 is 9.84 Å². The number of hydrogen-bond donors (Lipinski definition) is 1. The van der Waals surface area contributed by atoms with Crippen LogP contribution in [-0.2, 0) is 14.6 Å². The van der Waals surface area contributed by atoms with E-state index in [4.69, 9.17) is 4.74 Å². The molecule has 0 unspecified atom stereocenters. The summed E-state index contributed by atoms with van der Waals surface area (Å²) in [6.45, 7) is 3.98. The number of thioether (sulfide) groups is 1. The Hall–Kier alpha value is -1.74. The van der Waals surface area contributed by atoms with Crippen molar-refractivity contribution in [1.29, 1.82) is 0 Å². The van der Waals surface area contributed by atoms with Crippen molar-refractivity contribution in [3.8, 4) is 5.75 Å². The number of sulfone groups is 1. The quantitative estimate of drug-likeness (QED) is 0.704. The molecule has 1 amide bonds. The summed E-state index contributed by atoms with van der Waals surface area (Å²) in [6, 6.07) is 5.36. The van der Waals surface area contributed by atoms with Crippen molar-refractivity contribution >= 4 is 38.5 Å². The zero-order valence-electron chi connectivity index (χ0n) is 15.8. The first kappa shape index (κ1) is 20.0. The first-order chi connectivity index (χ1) is 12.8. The molecule has 1 fully saturated rings. The number of methoxy groups -OCH3 is 1. The highest BCUT2D eigenvalue weighted by atomic mass is 32.2. The van der Waals surface area contributed by atoms with Gasteiger partial charge in [0, 0.05) is 18.2 Å². The molecular weight excluding hydrogens is 386 g/mol. The van der Waals surface area contributed by atoms with Gasteiger partial charge in [0.1, 0.15) is 5.75 Å². The largest absolute Gasteiger partial charge is 0.497 e. The van der Waals surface area contributed by atoms with Gasteiger partial charge in [-0.25, -0.2) is 13.4 Å². The molecule has 1 aliphatic rings. The van der Waals surface area contributed by atoms with Crippen molar-refractivity contribution < 1.29 is 17.9 Å². The van der Waals surface area contributed by atoms with Crippen LogP contribution in [0.3, 0.4) is 0 Å². The summed E-state index contributed by atoms with van der Waals surface area (Å²) >= 11 is 1.33. The Labute approximate surface area is 163 Å². The molecule has 2 heterocycles. The highest BCUT2D eigenvalue weighted by Gasteiger charge is 2.36. The van der Waals surface area contributed by atoms with Gasteiger partial charge in [0.2, 0.25) is 5.91 Å². The highest BCUT2D eigenvalue weighted by Crippen LogP contribution is 2.26. The molecule has 1 aromatic heterocycles. The molecule has 7 nitrogen and oxygen atoms in total. The van der Waals surface area contributed by atoms with E-state index >= 15 is 0 Å². The lowest BCUT2D eigenvalue weighted by atomic mass is 10.1. The average molecular weight is 412 g/mol. The summed E-state index contributed by atoms with van der Waals surface area (Å²) in [5.74, 6) is 1.14. The SMILES string of the molecule is CC[C@@H](C)N(C(=O)CSc1nc2ccc(OC)cc2[nH]1)[C@H]1CCS(=O)(=O)C1. The summed E-state index contributed by atoms with van der Waals surface area (Å²) in [5, 5.41) is 0.662. The highest BCUT2D eigenvalue weighted by molar-refractivity contribution is 7.99. The summed E-state index contributed by atoms with van der Waals surface area (Å²) in [6.07, 6.45) is 1.31. The molecule has 1 saturated heterocycles. The molecule has 0 spiro atoms. The number of H-pyrrole nitrogens is 1. The van der Waals surface area contributed by atoms with Crippen LogP contribution in [-0.4, -0.2) is 65.6 Å². The van der Waals surface area contributed by atoms with Gasteiger partial charge in [0.15, 0.2) is 15.0 Å². The third-order valence-corrected chi connectivity index (χ3v) is 7.56. The zero-order valence-corrected chi connectivity index (χ0v) is 17.4. The molecule has 148 valence electrons. The zero-order chi connectivity index (χ0) is 19.6. The smallest absolute Gasteiger partial charge is 0.233 e. The fraction of sp³-hybridized carbons (Fsp3) is 0.556. The van der Waals surface area contributed by atoms with E-state index in [9.17, 15) is 13.2 Å². The van der Waals surface area contributed by atoms with E-state index in [1.165, 1.54) is 11.8 Å². The van der Waals surface area contributed by atoms with Crippen molar-refractivity contribution in [2.75, 3.05) is 24.4 Å². The predicted octanol–water partition coefficient (Wildman–Crippen LogP) is 2.48. The minimum absolute atomic E-state index is 0.0105. The Morgan fingerprint density at radius 1 is 1.48 bits per heavy atom. The van der Waals surface area contributed by atoms with Crippen LogP contribution in [0.1, 0.15) is 26.7 Å². The minimum atomic E-state index is -3.04. The summed E-state index contributed by atoms with van der Waals surface area (Å²) < 4.78 is 28.9. The van der Waals surface area contributed by atoms with Gasteiger partial charge in [-0.1, -0.05) is 18.7 Å². The number of amides is 1. The van der Waals surface area contributed by atoms with Crippen LogP contribution in [0.2, 0.25) is 0 Å². The van der Waals surface area contributed by atoms with Gasteiger partial charge in [0.25, 0.3) is 0 Å². The Morgan fingerprint density at radius 3 is 2.89 bits per heavy atom. The van der Waals surface area contributed by atoms with E-state index in [1.54, 1.807) is 12.0 Å². The van der Waals surface area contributed by atoms with Crippen LogP contribution in [0, 0.1) is 0 Å². The summed E-state index contributed by atoms with van der Waals surface area (Å²) in [5.41, 5.74) is 1.66. The number of rotatable bonds is 7. The molecule has 3 rings (SSSR count). The monoisotopic (exact) mass is 411 g/mol. The predicted molar refractivity (Wildman–Crippen MR) is 107 cm³/mol. The number of aromatic nitrogens is 2. The molecule has 2 aromatic rings. The van der Waals surface area contributed by atoms with E-state index in [1.807, 2.05) is 32.0 Å². The second kappa shape index (κ2) is 8.10. The van der Waals surface area contributed by atoms with Gasteiger partial charge in [0.05, 0.1) is 35.4 Å². The molecule has 0 radical (unpaired) electrons. The maximum Gasteiger partial charge on any atom is 0.233 e. The Balaban J connectivity index is 1.70. The van der Waals surface area contributed by atoms with Crippen molar-refractivity contribution in [1.82, 2.24) is 14.9 Å². The topological polar surface area (TPSA) is 92.4 Å². The molecule has 1 aromatic carbocycles. The molecule has 0 bridgehead atoms. The maximum absolute atomic E-state index is 12.9. The van der Waals surface area contributed by atoms with Gasteiger partial charge in [-0.05, 0) is 31.9 Å². The third kappa shape index (κ3) is 4.57. The molecule has 27 heavy (non-hydrogen) atoms. The maximum atomic E-state index is 12.9. The summed E-state index contributed by atoms with van der Waals surface area (Å²) in [7, 11) is -1.43. The summed E-state index contributed by atoms with van der Waals surface area (Å²) in [4.78, 5) is 22.3. The second-order valence-corrected chi connectivity index (χ2v) is 10.0. The molecular formula is C18H25N3O4S2. The molecule has 0 saturated carbocycles. The van der Waals surface area contributed by atoms with Crippen LogP contribution in [0.4, 0.5) is 0 Å². The van der Waals surface area contributed by atoms with Crippen molar-refractivity contribution in [3.05, 3.63) is 18.2 Å². The minimum Gasteiger partial charge on any atom is -0.497 e. The number of carbonyl (C=O) groups excluding carboxylic acids is 1. The van der Waals surface area contributed by atoms with Crippen LogP contribution in [0.15, 0.2) is 23.4 Å². The Morgan fingerprint density at radius 2 is 2.26 bits per heavy atom. The number of imidazole rings is 1. The third-order valence-electron chi connectivity index (χ3n) is 4.96. The van der Waals surface area contributed by atoms with E-state index in [2.05, 4.69) is 9.97 Å². The van der Waals surface area contributed by atoms with Gasteiger partial charge in [-0.2, -0.15) is 0 Å². The van der Waals surface area contributed by atoms with Crippen molar-refractivity contribution in [2.45, 2.75) is 43.9 Å². The number of aromatic amines is 1. The fourth-order valence-corrected chi connectivity index (χ4v) is 5.83. The van der Waals surface area contributed by atoms with Crippen LogP contribution in [0.25, 0.3) is 11.0 Å². The van der Waals surface area contributed by atoms with Crippen molar-refractivity contribution in [3.63, 3.8) is 0 Å². The molecule has 1 N–H and O–H groups in total. The molecule has 2 atom stereocenters. The van der Waals surface area contributed by atoms with E-state index in [-0.39, 0.29) is 35.2 Å². The van der Waals surface area contributed by atoms with E-state index in [0.29, 0.717) is 11.6 Å². The fourth-order valence-electron chi connectivity index (χ4n) is 3.37. The van der Waals surface area contributed by atoms with E-state index in [0.717, 1.165) is 23.2 Å². The van der Waals surface area contributed by atoms with Crippen LogP contribution >= 0.6 is 11.8 Å². The van der Waals surface area contributed by atoms with Gasteiger partial charge >= 0.3 is 0 Å². The van der Waals surface area contributed by atoms with Gasteiger partial charge < -0.3 is 14.6 Å². The number of nitrogens with one attached hydrogen (secondary N) is 1. The Kier molecular flexibility index (Phi) is 6.00. The number of nitrogens with zero attached hydrogens (tertiary/aromatic N) is 2. The number of carbonyl (C=O) groups is 1. The van der Waals surface area contributed by atoms with Crippen molar-refractivity contribution in [2.24, 2.45) is 0 Å². The lowest BCUT2D eigenvalue weighted by Gasteiger charge is -2.33. The Bertz CT molecular complexity index is 926. The normalized spacial score (nSPS) is 19.9. The first-order valence-electron chi connectivity index (χ1n) is 9.01. The number of ether oxygens (including phenoxy) is 1. The average Bonchev–Trinajstić information content (AvgIpc) is 3.21.